The van der Waals surface area contributed by atoms with Gasteiger partial charge in [-0.05, 0) is 24.8 Å². The SMILES string of the molecule is O=C(N[C@@H](C(=O)O)c1ccccc1)[C@@H]1CCCCO1. The van der Waals surface area contributed by atoms with Gasteiger partial charge in [-0.1, -0.05) is 30.3 Å². The number of benzene rings is 1. The van der Waals surface area contributed by atoms with Crippen LogP contribution in [0.2, 0.25) is 0 Å². The molecule has 102 valence electrons. The van der Waals surface area contributed by atoms with Crippen LogP contribution in [0.15, 0.2) is 30.3 Å². The van der Waals surface area contributed by atoms with Crippen molar-refractivity contribution in [2.75, 3.05) is 6.61 Å². The molecule has 1 heterocycles. The number of hydrogen-bond donors (Lipinski definition) is 2. The van der Waals surface area contributed by atoms with Crippen LogP contribution in [0, 0.1) is 0 Å². The number of carboxylic acids is 1. The van der Waals surface area contributed by atoms with Crippen molar-refractivity contribution in [1.82, 2.24) is 5.32 Å². The van der Waals surface area contributed by atoms with E-state index in [0.29, 0.717) is 18.6 Å². The average Bonchev–Trinajstić information content (AvgIpc) is 2.46. The molecule has 0 aromatic heterocycles. The van der Waals surface area contributed by atoms with E-state index in [1.54, 1.807) is 30.3 Å². The highest BCUT2D eigenvalue weighted by Crippen LogP contribution is 2.16. The highest BCUT2D eigenvalue weighted by atomic mass is 16.5. The van der Waals surface area contributed by atoms with Crippen LogP contribution in [0.5, 0.6) is 0 Å². The van der Waals surface area contributed by atoms with Gasteiger partial charge in [0.1, 0.15) is 6.10 Å². The predicted molar refractivity (Wildman–Crippen MR) is 68.6 cm³/mol. The molecule has 5 nitrogen and oxygen atoms in total. The summed E-state index contributed by atoms with van der Waals surface area (Å²) in [5, 5.41) is 11.8. The molecule has 1 aromatic rings. The van der Waals surface area contributed by atoms with E-state index in [4.69, 9.17) is 4.74 Å². The molecule has 0 radical (unpaired) electrons. The zero-order chi connectivity index (χ0) is 13.7. The van der Waals surface area contributed by atoms with Crippen molar-refractivity contribution < 1.29 is 19.4 Å². The van der Waals surface area contributed by atoms with E-state index in [-0.39, 0.29) is 5.91 Å². The first-order chi connectivity index (χ1) is 9.18. The van der Waals surface area contributed by atoms with E-state index in [2.05, 4.69) is 5.32 Å². The fraction of sp³-hybridized carbons (Fsp3) is 0.429. The van der Waals surface area contributed by atoms with Gasteiger partial charge in [0.2, 0.25) is 5.91 Å². The van der Waals surface area contributed by atoms with Gasteiger partial charge in [-0.25, -0.2) is 4.79 Å². The molecule has 2 atom stereocenters. The Morgan fingerprint density at radius 1 is 1.26 bits per heavy atom. The second-order valence-corrected chi connectivity index (χ2v) is 4.55. The van der Waals surface area contributed by atoms with Gasteiger partial charge >= 0.3 is 5.97 Å². The number of nitrogens with one attached hydrogen (secondary N) is 1. The van der Waals surface area contributed by atoms with Crippen LogP contribution >= 0.6 is 0 Å². The highest BCUT2D eigenvalue weighted by Gasteiger charge is 2.27. The molecule has 0 saturated carbocycles. The first-order valence-electron chi connectivity index (χ1n) is 6.38. The Morgan fingerprint density at radius 2 is 2.00 bits per heavy atom. The van der Waals surface area contributed by atoms with E-state index in [1.807, 2.05) is 0 Å². The van der Waals surface area contributed by atoms with Crippen LogP contribution < -0.4 is 5.32 Å². The molecule has 1 aliphatic heterocycles. The van der Waals surface area contributed by atoms with Crippen molar-refractivity contribution in [1.29, 1.82) is 0 Å². The maximum absolute atomic E-state index is 12.0. The minimum absolute atomic E-state index is 0.351. The lowest BCUT2D eigenvalue weighted by molar-refractivity contribution is -0.145. The topological polar surface area (TPSA) is 75.6 Å². The molecule has 0 unspecified atom stereocenters. The molecule has 0 aliphatic carbocycles. The van der Waals surface area contributed by atoms with Crippen LogP contribution in [0.4, 0.5) is 0 Å². The van der Waals surface area contributed by atoms with Crippen molar-refractivity contribution >= 4 is 11.9 Å². The van der Waals surface area contributed by atoms with Crippen molar-refractivity contribution in [2.45, 2.75) is 31.4 Å². The Morgan fingerprint density at radius 3 is 2.58 bits per heavy atom. The maximum Gasteiger partial charge on any atom is 0.330 e. The minimum atomic E-state index is -1.07. The summed E-state index contributed by atoms with van der Waals surface area (Å²) in [4.78, 5) is 23.2. The molecule has 1 fully saturated rings. The standard InChI is InChI=1S/C14H17NO4/c16-13(11-8-4-5-9-19-11)15-12(14(17)18)10-6-2-1-3-7-10/h1-3,6-7,11-12H,4-5,8-9H2,(H,15,16)(H,17,18)/t11-,12+/m0/s1. The molecule has 19 heavy (non-hydrogen) atoms. The van der Waals surface area contributed by atoms with Crippen molar-refractivity contribution in [2.24, 2.45) is 0 Å². The van der Waals surface area contributed by atoms with Crippen molar-refractivity contribution in [3.05, 3.63) is 35.9 Å². The molecule has 5 heteroatoms. The fourth-order valence-electron chi connectivity index (χ4n) is 2.12. The van der Waals surface area contributed by atoms with E-state index in [0.717, 1.165) is 12.8 Å². The molecule has 0 spiro atoms. The number of ether oxygens (including phenoxy) is 1. The lowest BCUT2D eigenvalue weighted by Crippen LogP contribution is -2.42. The third kappa shape index (κ3) is 3.54. The number of carbonyl (C=O) groups excluding carboxylic acids is 1. The second-order valence-electron chi connectivity index (χ2n) is 4.55. The average molecular weight is 263 g/mol. The van der Waals surface area contributed by atoms with Gasteiger partial charge in [-0.2, -0.15) is 0 Å². The summed E-state index contributed by atoms with van der Waals surface area (Å²) in [7, 11) is 0. The maximum atomic E-state index is 12.0. The molecule has 1 aliphatic rings. The quantitative estimate of drug-likeness (QED) is 0.863. The van der Waals surface area contributed by atoms with Crippen molar-refractivity contribution in [3.8, 4) is 0 Å². The van der Waals surface area contributed by atoms with E-state index >= 15 is 0 Å². The Balaban J connectivity index is 2.04. The summed E-state index contributed by atoms with van der Waals surface area (Å²) in [6, 6.07) is 7.62. The molecular formula is C14H17NO4. The normalized spacial score (nSPS) is 20.5. The van der Waals surface area contributed by atoms with Crippen LogP contribution in [-0.4, -0.2) is 29.7 Å². The summed E-state index contributed by atoms with van der Waals surface area (Å²) in [5.41, 5.74) is 0.555. The van der Waals surface area contributed by atoms with Gasteiger partial charge in [0.15, 0.2) is 6.04 Å². The number of rotatable bonds is 4. The molecular weight excluding hydrogens is 246 g/mol. The predicted octanol–water partition coefficient (Wildman–Crippen LogP) is 1.50. The van der Waals surface area contributed by atoms with E-state index < -0.39 is 18.1 Å². The Hall–Kier alpha value is -1.88. The minimum Gasteiger partial charge on any atom is -0.479 e. The number of carbonyl (C=O) groups is 2. The third-order valence-corrected chi connectivity index (χ3v) is 3.14. The smallest absolute Gasteiger partial charge is 0.330 e. The first kappa shape index (κ1) is 13.5. The van der Waals surface area contributed by atoms with E-state index in [1.165, 1.54) is 0 Å². The number of amides is 1. The van der Waals surface area contributed by atoms with Gasteiger partial charge in [0.25, 0.3) is 0 Å². The summed E-state index contributed by atoms with van der Waals surface area (Å²) in [6.45, 7) is 0.557. The number of aliphatic carboxylic acids is 1. The highest BCUT2D eigenvalue weighted by molar-refractivity contribution is 5.87. The lowest BCUT2D eigenvalue weighted by Gasteiger charge is -2.23. The summed E-state index contributed by atoms with van der Waals surface area (Å²) in [6.07, 6.45) is 2.00. The van der Waals surface area contributed by atoms with Crippen LogP contribution in [-0.2, 0) is 14.3 Å². The monoisotopic (exact) mass is 263 g/mol. The number of carboxylic acid groups (broad SMARTS) is 1. The zero-order valence-corrected chi connectivity index (χ0v) is 10.5. The molecule has 1 saturated heterocycles. The molecule has 2 N–H and O–H groups in total. The molecule has 1 amide bonds. The summed E-state index contributed by atoms with van der Waals surface area (Å²) < 4.78 is 5.35. The number of hydrogen-bond acceptors (Lipinski definition) is 3. The Kier molecular flexibility index (Phi) is 4.52. The third-order valence-electron chi connectivity index (χ3n) is 3.14. The second kappa shape index (κ2) is 6.33. The summed E-state index contributed by atoms with van der Waals surface area (Å²) >= 11 is 0. The largest absolute Gasteiger partial charge is 0.479 e. The van der Waals surface area contributed by atoms with Gasteiger partial charge in [-0.3, -0.25) is 4.79 Å². The molecule has 1 aromatic carbocycles. The zero-order valence-electron chi connectivity index (χ0n) is 10.5. The molecule has 0 bridgehead atoms. The van der Waals surface area contributed by atoms with Crippen LogP contribution in [0.3, 0.4) is 0 Å². The van der Waals surface area contributed by atoms with Crippen LogP contribution in [0.25, 0.3) is 0 Å². The Bertz CT molecular complexity index is 440. The fourth-order valence-corrected chi connectivity index (χ4v) is 2.12. The van der Waals surface area contributed by atoms with Gasteiger partial charge in [-0.15, -0.1) is 0 Å². The van der Waals surface area contributed by atoms with Crippen molar-refractivity contribution in [3.63, 3.8) is 0 Å². The first-order valence-corrected chi connectivity index (χ1v) is 6.38. The van der Waals surface area contributed by atoms with Gasteiger partial charge < -0.3 is 15.2 Å². The van der Waals surface area contributed by atoms with Crippen LogP contribution in [0.1, 0.15) is 30.9 Å². The molecule has 2 rings (SSSR count). The van der Waals surface area contributed by atoms with Gasteiger partial charge in [0, 0.05) is 6.61 Å². The Labute approximate surface area is 111 Å². The van der Waals surface area contributed by atoms with E-state index in [9.17, 15) is 14.7 Å². The summed E-state index contributed by atoms with van der Waals surface area (Å²) in [5.74, 6) is -1.42. The van der Waals surface area contributed by atoms with Gasteiger partial charge in [0.05, 0.1) is 0 Å². The lowest BCUT2D eigenvalue weighted by atomic mass is 10.1.